The maximum absolute atomic E-state index is 10.3. The smallest absolute Gasteiger partial charge is 0.158 e. The van der Waals surface area contributed by atoms with Gasteiger partial charge in [0.1, 0.15) is 4.47 Å². The molecule has 0 amide bonds. The summed E-state index contributed by atoms with van der Waals surface area (Å²) in [5.41, 5.74) is 2.10. The van der Waals surface area contributed by atoms with Crippen LogP contribution in [0, 0.1) is 0 Å². The summed E-state index contributed by atoms with van der Waals surface area (Å²) in [6.45, 7) is 0. The third-order valence-corrected chi connectivity index (χ3v) is 2.40. The van der Waals surface area contributed by atoms with Gasteiger partial charge >= 0.3 is 40.1 Å². The number of aromatic nitrogens is 1. The molecule has 0 aliphatic carbocycles. The number of nitrogens with zero attached hydrogens (tertiary/aromatic N) is 2. The van der Waals surface area contributed by atoms with E-state index in [1.165, 1.54) is 4.68 Å². The van der Waals surface area contributed by atoms with E-state index in [2.05, 4.69) is 4.47 Å². The molecule has 6 heteroatoms. The van der Waals surface area contributed by atoms with Crippen LogP contribution in [-0.2, 0) is 10.5 Å². The molecule has 0 spiro atoms. The second-order valence-electron chi connectivity index (χ2n) is 3.13. The van der Waals surface area contributed by atoms with E-state index in [-0.39, 0.29) is 29.6 Å². The summed E-state index contributed by atoms with van der Waals surface area (Å²) in [6.07, 6.45) is 3.19. The molecule has 0 bridgehead atoms. The van der Waals surface area contributed by atoms with Crippen molar-refractivity contribution in [3.8, 4) is 11.1 Å². The molecule has 0 saturated carbocycles. The van der Waals surface area contributed by atoms with Crippen molar-refractivity contribution in [3.05, 3.63) is 54.9 Å². The van der Waals surface area contributed by atoms with Crippen LogP contribution in [0.25, 0.3) is 11.1 Å². The van der Waals surface area contributed by atoms with Gasteiger partial charge in [0.15, 0.2) is 0 Å². The summed E-state index contributed by atoms with van der Waals surface area (Å²) in [6, 6.07) is 13.5. The SMILES string of the molecule is O=S(=O)=N[n+]1ccc(-c2ccccc2)cc1.[Na+]. The summed E-state index contributed by atoms with van der Waals surface area (Å²) >= 11 is 0. The Morgan fingerprint density at radius 1 is 0.882 bits per heavy atom. The predicted octanol–water partition coefficient (Wildman–Crippen LogP) is -1.53. The molecule has 4 nitrogen and oxygen atoms in total. The molecule has 0 unspecified atom stereocenters. The van der Waals surface area contributed by atoms with Crippen molar-refractivity contribution in [3.63, 3.8) is 0 Å². The first-order valence-corrected chi connectivity index (χ1v) is 5.67. The first kappa shape index (κ1) is 14.1. The molecule has 2 rings (SSSR count). The molecular formula is C11H9N2NaO2S+2. The molecule has 0 radical (unpaired) electrons. The van der Waals surface area contributed by atoms with E-state index >= 15 is 0 Å². The average molecular weight is 256 g/mol. The van der Waals surface area contributed by atoms with Crippen LogP contribution in [0.1, 0.15) is 0 Å². The van der Waals surface area contributed by atoms with E-state index in [9.17, 15) is 8.42 Å². The molecule has 80 valence electrons. The van der Waals surface area contributed by atoms with E-state index in [1.807, 2.05) is 42.5 Å². The van der Waals surface area contributed by atoms with Crippen LogP contribution in [0.15, 0.2) is 59.3 Å². The van der Waals surface area contributed by atoms with Crippen LogP contribution in [0.4, 0.5) is 0 Å². The molecule has 1 heterocycles. The van der Waals surface area contributed by atoms with Crippen molar-refractivity contribution in [2.45, 2.75) is 0 Å². The number of rotatable bonds is 2. The normalized spacial score (nSPS) is 9.18. The van der Waals surface area contributed by atoms with Crippen LogP contribution < -0.4 is 34.2 Å². The Kier molecular flexibility index (Phi) is 5.50. The topological polar surface area (TPSA) is 50.4 Å². The molecule has 17 heavy (non-hydrogen) atoms. The quantitative estimate of drug-likeness (QED) is 0.483. The predicted molar refractivity (Wildman–Crippen MR) is 58.8 cm³/mol. The molecular weight excluding hydrogens is 247 g/mol. The van der Waals surface area contributed by atoms with Crippen LogP contribution in [0.2, 0.25) is 0 Å². The van der Waals surface area contributed by atoms with E-state index in [1.54, 1.807) is 12.4 Å². The third kappa shape index (κ3) is 4.05. The van der Waals surface area contributed by atoms with Gasteiger partial charge in [-0.3, -0.25) is 0 Å². The molecule has 0 saturated heterocycles. The van der Waals surface area contributed by atoms with Crippen LogP contribution >= 0.6 is 0 Å². The fourth-order valence-corrected chi connectivity index (χ4v) is 1.64. The molecule has 0 aliphatic heterocycles. The van der Waals surface area contributed by atoms with Crippen LogP contribution in [-0.4, -0.2) is 8.42 Å². The van der Waals surface area contributed by atoms with E-state index in [0.29, 0.717) is 0 Å². The fraction of sp³-hybridized carbons (Fsp3) is 0. The minimum absolute atomic E-state index is 0. The van der Waals surface area contributed by atoms with Crippen molar-refractivity contribution in [1.29, 1.82) is 0 Å². The number of benzene rings is 1. The number of pyridine rings is 1. The second kappa shape index (κ2) is 6.66. The maximum Gasteiger partial charge on any atom is 1.00 e. The van der Waals surface area contributed by atoms with E-state index in [4.69, 9.17) is 0 Å². The van der Waals surface area contributed by atoms with Crippen LogP contribution in [0.3, 0.4) is 0 Å². The van der Waals surface area contributed by atoms with Gasteiger partial charge in [0.25, 0.3) is 0 Å². The summed E-state index contributed by atoms with van der Waals surface area (Å²) < 4.78 is 25.2. The Balaban J connectivity index is 0.00000144. The van der Waals surface area contributed by atoms with Gasteiger partial charge < -0.3 is 0 Å². The van der Waals surface area contributed by atoms with Crippen molar-refractivity contribution >= 4 is 10.5 Å². The van der Waals surface area contributed by atoms with Gasteiger partial charge in [-0.15, -0.1) is 0 Å². The molecule has 1 aromatic heterocycles. The Morgan fingerprint density at radius 3 is 1.94 bits per heavy atom. The minimum Gasteiger partial charge on any atom is -0.158 e. The fourth-order valence-electron chi connectivity index (χ4n) is 1.37. The Hall–Kier alpha value is -1.01. The molecule has 0 fully saturated rings. The van der Waals surface area contributed by atoms with E-state index in [0.717, 1.165) is 11.1 Å². The van der Waals surface area contributed by atoms with Crippen LogP contribution in [0.5, 0.6) is 0 Å². The third-order valence-electron chi connectivity index (χ3n) is 2.08. The first-order valence-electron chi connectivity index (χ1n) is 4.64. The maximum atomic E-state index is 10.3. The first-order chi connectivity index (χ1) is 7.75. The van der Waals surface area contributed by atoms with Gasteiger partial charge in [0.05, 0.1) is 0 Å². The number of hydrogen-bond donors (Lipinski definition) is 0. The van der Waals surface area contributed by atoms with Crippen molar-refractivity contribution in [2.24, 2.45) is 4.47 Å². The zero-order chi connectivity index (χ0) is 11.4. The van der Waals surface area contributed by atoms with Gasteiger partial charge in [-0.1, -0.05) is 30.3 Å². The summed E-state index contributed by atoms with van der Waals surface area (Å²) in [5.74, 6) is 0. The van der Waals surface area contributed by atoms with Gasteiger partial charge in [-0.2, -0.15) is 8.42 Å². The molecule has 2 aromatic rings. The Labute approximate surface area is 123 Å². The Bertz CT molecular complexity index is 602. The molecule has 0 aliphatic rings. The summed E-state index contributed by atoms with van der Waals surface area (Å²) in [7, 11) is -2.43. The summed E-state index contributed by atoms with van der Waals surface area (Å²) in [4.78, 5) is 0. The standard InChI is InChI=1S/C11H9N2O2S.Na/c14-16(15)12-13-8-6-11(7-9-13)10-4-2-1-3-5-10;/h1-9H;/q2*+1. The van der Waals surface area contributed by atoms with Crippen molar-refractivity contribution in [1.82, 2.24) is 0 Å². The van der Waals surface area contributed by atoms with Gasteiger partial charge in [0, 0.05) is 12.1 Å². The summed E-state index contributed by atoms with van der Waals surface area (Å²) in [5, 5.41) is 0. The Morgan fingerprint density at radius 2 is 1.41 bits per heavy atom. The molecule has 0 atom stereocenters. The molecule has 0 N–H and O–H groups in total. The number of hydrogen-bond acceptors (Lipinski definition) is 3. The van der Waals surface area contributed by atoms with Gasteiger partial charge in [-0.05, 0) is 15.8 Å². The van der Waals surface area contributed by atoms with E-state index < -0.39 is 10.5 Å². The van der Waals surface area contributed by atoms with Crippen molar-refractivity contribution < 1.29 is 42.7 Å². The zero-order valence-corrected chi connectivity index (χ0v) is 12.1. The second-order valence-corrected chi connectivity index (χ2v) is 3.73. The zero-order valence-electron chi connectivity index (χ0n) is 9.32. The monoisotopic (exact) mass is 256 g/mol. The van der Waals surface area contributed by atoms with Crippen molar-refractivity contribution in [2.75, 3.05) is 0 Å². The largest absolute Gasteiger partial charge is 1.00 e. The molecule has 1 aromatic carbocycles. The minimum atomic E-state index is -2.43. The van der Waals surface area contributed by atoms with Gasteiger partial charge in [-0.25, -0.2) is 0 Å². The van der Waals surface area contributed by atoms with Gasteiger partial charge in [0.2, 0.25) is 12.4 Å². The average Bonchev–Trinajstić information content (AvgIpc) is 2.30.